The summed E-state index contributed by atoms with van der Waals surface area (Å²) in [6.07, 6.45) is 13.3. The average molecular weight is 1200 g/mol. The van der Waals surface area contributed by atoms with Crippen molar-refractivity contribution in [1.82, 2.24) is 26.6 Å². The first kappa shape index (κ1) is 69.9. The lowest BCUT2D eigenvalue weighted by atomic mass is 9.95. The number of hydrogen-bond acceptors (Lipinski definition) is 15. The van der Waals surface area contributed by atoms with E-state index in [0.29, 0.717) is 31.4 Å². The number of rotatable bonds is 41. The molecule has 5 rings (SSSR count). The largest absolute Gasteiger partial charge is 0.459 e. The van der Waals surface area contributed by atoms with E-state index >= 15 is 0 Å². The van der Waals surface area contributed by atoms with Crippen LogP contribution in [0.15, 0.2) is 84.9 Å². The summed E-state index contributed by atoms with van der Waals surface area (Å²) in [5.74, 6) is -4.57. The van der Waals surface area contributed by atoms with Gasteiger partial charge in [0.25, 0.3) is 5.69 Å². The number of fused-ring (bicyclic) bond motifs is 1. The van der Waals surface area contributed by atoms with E-state index < -0.39 is 108 Å². The third-order valence-electron chi connectivity index (χ3n) is 15.3. The normalized spacial score (nSPS) is 19.5. The van der Waals surface area contributed by atoms with E-state index in [1.165, 1.54) is 116 Å². The van der Waals surface area contributed by atoms with Gasteiger partial charge in [-0.2, -0.15) is 0 Å². The molecule has 7 N–H and O–H groups in total. The molecule has 3 aromatic carbocycles. The van der Waals surface area contributed by atoms with Crippen LogP contribution in [0.4, 0.5) is 5.69 Å². The van der Waals surface area contributed by atoms with E-state index in [-0.39, 0.29) is 49.6 Å². The molecule has 2 aliphatic rings. The van der Waals surface area contributed by atoms with Gasteiger partial charge < -0.3 is 60.7 Å². The molecule has 2 heterocycles. The number of unbranched alkanes of at least 4 members (excludes halogenated alkanes) is 15. The van der Waals surface area contributed by atoms with Crippen molar-refractivity contribution in [2.45, 2.75) is 237 Å². The molecule has 2 fully saturated rings. The highest BCUT2D eigenvalue weighted by atomic mass is 16.8. The summed E-state index contributed by atoms with van der Waals surface area (Å²) in [5.41, 5.74) is 7.15. The molecule has 474 valence electrons. The van der Waals surface area contributed by atoms with Crippen molar-refractivity contribution in [3.8, 4) is 0 Å². The van der Waals surface area contributed by atoms with Crippen LogP contribution in [0.5, 0.6) is 0 Å². The molecule has 2 saturated heterocycles. The van der Waals surface area contributed by atoms with Gasteiger partial charge in [-0.1, -0.05) is 170 Å². The van der Waals surface area contributed by atoms with Gasteiger partial charge in [-0.3, -0.25) is 38.9 Å². The second-order valence-electron chi connectivity index (χ2n) is 22.4. The van der Waals surface area contributed by atoms with Gasteiger partial charge in [-0.15, -0.1) is 0 Å². The molecule has 10 atom stereocenters. The van der Waals surface area contributed by atoms with Crippen molar-refractivity contribution in [2.75, 3.05) is 13.2 Å². The van der Waals surface area contributed by atoms with Gasteiger partial charge in [0.2, 0.25) is 35.4 Å². The van der Waals surface area contributed by atoms with Crippen LogP contribution in [0.1, 0.15) is 186 Å². The smallest absolute Gasteiger partial charge is 0.328 e. The predicted octanol–water partition coefficient (Wildman–Crippen LogP) is 8.26. The quantitative estimate of drug-likeness (QED) is 0.0135. The molecule has 7 unspecified atom stereocenters. The third-order valence-corrected chi connectivity index (χ3v) is 15.3. The average Bonchev–Trinajstić information content (AvgIpc) is 1.18. The molecule has 6 amide bonds. The Bertz CT molecular complexity index is 2560. The number of esters is 1. The second-order valence-corrected chi connectivity index (χ2v) is 22.4. The van der Waals surface area contributed by atoms with Crippen LogP contribution in [0.25, 0.3) is 0 Å². The predicted molar refractivity (Wildman–Crippen MR) is 321 cm³/mol. The Kier molecular flexibility index (Phi) is 31.7. The van der Waals surface area contributed by atoms with Crippen molar-refractivity contribution in [1.29, 1.82) is 0 Å². The van der Waals surface area contributed by atoms with Crippen LogP contribution in [0.2, 0.25) is 0 Å². The number of nitrogens with zero attached hydrogens (tertiary/aromatic N) is 1. The van der Waals surface area contributed by atoms with Gasteiger partial charge in [0.1, 0.15) is 55.2 Å². The maximum atomic E-state index is 13.9. The van der Waals surface area contributed by atoms with Gasteiger partial charge in [0.05, 0.1) is 23.7 Å². The van der Waals surface area contributed by atoms with Gasteiger partial charge in [0, 0.05) is 37.9 Å². The van der Waals surface area contributed by atoms with Gasteiger partial charge >= 0.3 is 5.97 Å². The number of primary amides is 1. The molecule has 0 aromatic heterocycles. The van der Waals surface area contributed by atoms with E-state index in [0.717, 1.165) is 24.8 Å². The van der Waals surface area contributed by atoms with Crippen LogP contribution < -0.4 is 32.3 Å². The van der Waals surface area contributed by atoms with Crippen LogP contribution in [0, 0.1) is 10.1 Å². The number of nitrogens with two attached hydrogens (primary N) is 1. The van der Waals surface area contributed by atoms with Crippen LogP contribution >= 0.6 is 0 Å². The lowest BCUT2D eigenvalue weighted by Gasteiger charge is -2.49. The number of amides is 6. The minimum atomic E-state index is -1.39. The summed E-state index contributed by atoms with van der Waals surface area (Å²) in [5, 5.41) is 25.2. The minimum absolute atomic E-state index is 0.0561. The summed E-state index contributed by atoms with van der Waals surface area (Å²) in [6, 6.07) is 19.4. The number of nitro groups is 1. The zero-order chi connectivity index (χ0) is 62.1. The van der Waals surface area contributed by atoms with Crippen molar-refractivity contribution < 1.29 is 66.9 Å². The topological polar surface area (TPSA) is 304 Å². The van der Waals surface area contributed by atoms with Crippen LogP contribution in [0.3, 0.4) is 0 Å². The third kappa shape index (κ3) is 25.2. The zero-order valence-electron chi connectivity index (χ0n) is 50.7. The minimum Gasteiger partial charge on any atom is -0.459 e. The lowest BCUT2D eigenvalue weighted by molar-refractivity contribution is -0.385. The molecule has 0 aliphatic carbocycles. The Morgan fingerprint density at radius 2 is 1.29 bits per heavy atom. The molecule has 2 aliphatic heterocycles. The summed E-state index contributed by atoms with van der Waals surface area (Å²) in [7, 11) is 0. The summed E-state index contributed by atoms with van der Waals surface area (Å²) >= 11 is 0. The number of nitro benzene ring substituents is 1. The Hall–Kier alpha value is -6.85. The molecule has 0 radical (unpaired) electrons. The van der Waals surface area contributed by atoms with E-state index in [1.54, 1.807) is 6.07 Å². The van der Waals surface area contributed by atoms with E-state index in [1.807, 2.05) is 60.7 Å². The van der Waals surface area contributed by atoms with Crippen LogP contribution in [-0.4, -0.2) is 114 Å². The molecule has 86 heavy (non-hydrogen) atoms. The number of carbonyl (C=O) groups excluding carboxylic acids is 7. The molecular weight excluding hydrogens is 1110 g/mol. The van der Waals surface area contributed by atoms with E-state index in [2.05, 4.69) is 33.5 Å². The highest BCUT2D eigenvalue weighted by Crippen LogP contribution is 2.36. The molecule has 22 nitrogen and oxygen atoms in total. The fourth-order valence-electron chi connectivity index (χ4n) is 10.4. The number of nitrogens with one attached hydrogen (secondary N) is 5. The Labute approximate surface area is 506 Å². The molecule has 0 bridgehead atoms. The zero-order valence-corrected chi connectivity index (χ0v) is 50.7. The van der Waals surface area contributed by atoms with Crippen molar-refractivity contribution >= 4 is 47.1 Å². The standard InChI is InChI=1S/C64H93N7O15/c1-5-6-7-8-9-10-11-12-13-14-15-16-17-18-25-37-54(73)66-40-29-28-35-51(62(78)81-42-49-34-26-27-36-52(49)71(79)80)69-55(74)39-38-50(59(65)75)70-60(76)44(2)67-61(77)45(3)84-58-56(68-46(4)72)64(82-41-47-30-21-19-22-31-47)85-53-43-83-63(86-57(53)58)48-32-23-20-24-33-48/h19-24,26-27,30-34,36,44-45,50-51,53,56-58,63-64H,5-18,25,28-29,35,37-43H2,1-4H3,(H2,65,75)(H,66,73)(H,67,77)(H,68,72)(H,69,74)(H,70,76)/t44-,45?,50+,51-,53?,56?,57?,58?,63?,64?/m0/s1. The molecule has 3 aromatic rings. The van der Waals surface area contributed by atoms with Crippen molar-refractivity contribution in [3.63, 3.8) is 0 Å². The first-order chi connectivity index (χ1) is 41.5. The van der Waals surface area contributed by atoms with Crippen molar-refractivity contribution in [2.24, 2.45) is 5.73 Å². The lowest BCUT2D eigenvalue weighted by Crippen LogP contribution is -2.68. The monoisotopic (exact) mass is 1200 g/mol. The summed E-state index contributed by atoms with van der Waals surface area (Å²) < 4.78 is 37.1. The Balaban J connectivity index is 1.10. The highest BCUT2D eigenvalue weighted by Gasteiger charge is 2.52. The fourth-order valence-corrected chi connectivity index (χ4v) is 10.4. The van der Waals surface area contributed by atoms with Crippen molar-refractivity contribution in [3.05, 3.63) is 112 Å². The molecule has 0 spiro atoms. The number of hydrogen-bond donors (Lipinski definition) is 6. The second kappa shape index (κ2) is 39.0. The highest BCUT2D eigenvalue weighted by molar-refractivity contribution is 5.92. The summed E-state index contributed by atoms with van der Waals surface area (Å²) in [6.45, 7) is 6.48. The molecular formula is C64H93N7O15. The van der Waals surface area contributed by atoms with Crippen LogP contribution in [-0.2, 0) is 75.2 Å². The molecule has 0 saturated carbocycles. The van der Waals surface area contributed by atoms with Gasteiger partial charge in [0.15, 0.2) is 12.6 Å². The summed E-state index contributed by atoms with van der Waals surface area (Å²) in [4.78, 5) is 104. The van der Waals surface area contributed by atoms with E-state index in [4.69, 9.17) is 34.2 Å². The van der Waals surface area contributed by atoms with Gasteiger partial charge in [-0.05, 0) is 57.6 Å². The number of carbonyl (C=O) groups is 7. The SMILES string of the molecule is CCCCCCCCCCCCCCCCCC(=O)NCCCC[C@H](NC(=O)CC[C@@H](NC(=O)[C@H](C)NC(=O)C(C)OC1C(NC(C)=O)C(OCc2ccccc2)OC2COC(c3ccccc3)OC21)C(N)=O)C(=O)OCc1ccccc1[N+](=O)[O-]. The first-order valence-corrected chi connectivity index (χ1v) is 30.9. The van der Waals surface area contributed by atoms with Gasteiger partial charge in [-0.25, -0.2) is 4.79 Å². The van der Waals surface area contributed by atoms with E-state index in [9.17, 15) is 43.7 Å². The first-order valence-electron chi connectivity index (χ1n) is 30.9. The Morgan fingerprint density at radius 1 is 0.674 bits per heavy atom. The Morgan fingerprint density at radius 3 is 1.92 bits per heavy atom. The molecule has 22 heteroatoms. The number of ether oxygens (including phenoxy) is 6. The number of benzene rings is 3. The number of para-hydroxylation sites is 1. The fraction of sp³-hybridized carbons (Fsp3) is 0.609. The maximum Gasteiger partial charge on any atom is 0.328 e. The maximum absolute atomic E-state index is 13.9.